The van der Waals surface area contributed by atoms with E-state index in [1.807, 2.05) is 37.5 Å². The van der Waals surface area contributed by atoms with E-state index in [1.165, 1.54) is 0 Å². The van der Waals surface area contributed by atoms with Crippen molar-refractivity contribution in [2.45, 2.75) is 52.1 Å². The zero-order chi connectivity index (χ0) is 16.8. The number of aromatic nitrogens is 2. The molecular formula is C18H24N4O2. The molecule has 0 saturated carbocycles. The van der Waals surface area contributed by atoms with Crippen LogP contribution in [0.3, 0.4) is 0 Å². The van der Waals surface area contributed by atoms with Crippen molar-refractivity contribution in [3.63, 3.8) is 0 Å². The number of aryl methyl sites for hydroxylation is 2. The molecule has 128 valence electrons. The van der Waals surface area contributed by atoms with Crippen LogP contribution in [0.4, 0.5) is 0 Å². The third kappa shape index (κ3) is 2.36. The molecule has 6 heteroatoms. The molecule has 2 aliphatic heterocycles. The van der Waals surface area contributed by atoms with Crippen molar-refractivity contribution in [2.75, 3.05) is 13.1 Å². The third-order valence-electron chi connectivity index (χ3n) is 5.39. The maximum Gasteiger partial charge on any atom is 0.256 e. The Morgan fingerprint density at radius 1 is 1.21 bits per heavy atom. The number of nitrogens with one attached hydrogen (secondary N) is 1. The second-order valence-corrected chi connectivity index (χ2v) is 7.01. The largest absolute Gasteiger partial charge is 0.360 e. The fraction of sp³-hybridized carbons (Fsp3) is 0.556. The number of carbonyl (C=O) groups excluding carboxylic acids is 1. The van der Waals surface area contributed by atoms with Crippen molar-refractivity contribution in [1.82, 2.24) is 19.9 Å². The summed E-state index contributed by atoms with van der Waals surface area (Å²) in [5.41, 5.74) is 2.72. The average Bonchev–Trinajstić information content (AvgIpc) is 3.14. The van der Waals surface area contributed by atoms with Crippen LogP contribution in [-0.4, -0.2) is 45.7 Å². The van der Waals surface area contributed by atoms with Gasteiger partial charge < -0.3 is 14.7 Å². The van der Waals surface area contributed by atoms with E-state index >= 15 is 0 Å². The van der Waals surface area contributed by atoms with E-state index < -0.39 is 0 Å². The van der Waals surface area contributed by atoms with E-state index in [0.717, 1.165) is 60.9 Å². The molecule has 0 spiro atoms. The normalized spacial score (nSPS) is 23.5. The van der Waals surface area contributed by atoms with Gasteiger partial charge in [0.1, 0.15) is 5.76 Å². The van der Waals surface area contributed by atoms with Gasteiger partial charge in [-0.15, -0.1) is 0 Å². The van der Waals surface area contributed by atoms with Crippen LogP contribution in [0.15, 0.2) is 16.7 Å². The molecule has 1 N–H and O–H groups in total. The molecule has 2 fully saturated rings. The van der Waals surface area contributed by atoms with Gasteiger partial charge in [0.15, 0.2) is 5.82 Å². The Bertz CT molecular complexity index is 762. The number of rotatable bonds is 2. The molecule has 2 bridgehead atoms. The quantitative estimate of drug-likeness (QED) is 0.919. The lowest BCUT2D eigenvalue weighted by atomic mass is 10.1. The topological polar surface area (TPSA) is 63.3 Å². The minimum absolute atomic E-state index is 0.158. The fourth-order valence-corrected chi connectivity index (χ4v) is 4.24. The Morgan fingerprint density at radius 3 is 2.75 bits per heavy atom. The summed E-state index contributed by atoms with van der Waals surface area (Å²) < 4.78 is 7.20. The summed E-state index contributed by atoms with van der Waals surface area (Å²) in [7, 11) is 0. The van der Waals surface area contributed by atoms with Crippen molar-refractivity contribution in [1.29, 1.82) is 0 Å². The van der Waals surface area contributed by atoms with Crippen LogP contribution in [-0.2, 0) is 0 Å². The highest BCUT2D eigenvalue weighted by atomic mass is 16.5. The van der Waals surface area contributed by atoms with E-state index in [0.29, 0.717) is 12.1 Å². The highest BCUT2D eigenvalue weighted by Crippen LogP contribution is 2.31. The van der Waals surface area contributed by atoms with Gasteiger partial charge in [-0.25, -0.2) is 0 Å². The summed E-state index contributed by atoms with van der Waals surface area (Å²) in [6.45, 7) is 7.78. The second-order valence-electron chi connectivity index (χ2n) is 7.01. The van der Waals surface area contributed by atoms with Crippen LogP contribution in [0, 0.1) is 20.8 Å². The van der Waals surface area contributed by atoms with Crippen molar-refractivity contribution >= 4 is 5.91 Å². The van der Waals surface area contributed by atoms with Crippen LogP contribution in [0.2, 0.25) is 0 Å². The maximum atomic E-state index is 13.3. The number of carbonyl (C=O) groups is 1. The van der Waals surface area contributed by atoms with Gasteiger partial charge in [0, 0.05) is 36.1 Å². The molecule has 2 atom stereocenters. The lowest BCUT2D eigenvalue weighted by Crippen LogP contribution is -2.42. The zero-order valence-electron chi connectivity index (χ0n) is 14.5. The second kappa shape index (κ2) is 5.77. The summed E-state index contributed by atoms with van der Waals surface area (Å²) in [5, 5.41) is 7.56. The first-order valence-electron chi connectivity index (χ1n) is 8.72. The molecule has 2 unspecified atom stereocenters. The van der Waals surface area contributed by atoms with Gasteiger partial charge in [-0.2, -0.15) is 0 Å². The minimum Gasteiger partial charge on any atom is -0.360 e. The van der Waals surface area contributed by atoms with Gasteiger partial charge in [-0.3, -0.25) is 9.36 Å². The first-order chi connectivity index (χ1) is 11.6. The van der Waals surface area contributed by atoms with Crippen molar-refractivity contribution in [3.8, 4) is 5.82 Å². The summed E-state index contributed by atoms with van der Waals surface area (Å²) in [6.07, 6.45) is 3.27. The Labute approximate surface area is 141 Å². The predicted octanol–water partition coefficient (Wildman–Crippen LogP) is 2.36. The van der Waals surface area contributed by atoms with Crippen LogP contribution in [0.5, 0.6) is 0 Å². The molecule has 24 heavy (non-hydrogen) atoms. The summed E-state index contributed by atoms with van der Waals surface area (Å²) in [4.78, 5) is 15.4. The summed E-state index contributed by atoms with van der Waals surface area (Å²) >= 11 is 0. The van der Waals surface area contributed by atoms with Gasteiger partial charge in [0.2, 0.25) is 0 Å². The van der Waals surface area contributed by atoms with Gasteiger partial charge in [0.25, 0.3) is 5.91 Å². The molecule has 0 aromatic carbocycles. The first-order valence-corrected chi connectivity index (χ1v) is 8.72. The first kappa shape index (κ1) is 15.4. The van der Waals surface area contributed by atoms with Crippen LogP contribution in [0.1, 0.15) is 46.8 Å². The lowest BCUT2D eigenvalue weighted by molar-refractivity contribution is 0.0679. The Kier molecular flexibility index (Phi) is 3.72. The number of nitrogens with zero attached hydrogens (tertiary/aromatic N) is 3. The standard InChI is InChI=1S/C18H24N4O2/c1-11-8-16(13(3)21(11)17-9-12(2)24-20-17)18(23)22-14-4-5-15(22)10-19-7-6-14/h8-9,14-15,19H,4-7,10H2,1-3H3. The maximum absolute atomic E-state index is 13.3. The fourth-order valence-electron chi connectivity index (χ4n) is 4.24. The Balaban J connectivity index is 1.71. The molecule has 6 nitrogen and oxygen atoms in total. The van der Waals surface area contributed by atoms with E-state index in [2.05, 4.69) is 15.4 Å². The average molecular weight is 328 g/mol. The Morgan fingerprint density at radius 2 is 2.00 bits per heavy atom. The molecule has 4 heterocycles. The molecule has 2 aliphatic rings. The Hall–Kier alpha value is -2.08. The molecule has 0 aliphatic carbocycles. The molecule has 0 radical (unpaired) electrons. The monoisotopic (exact) mass is 328 g/mol. The number of hydrogen-bond acceptors (Lipinski definition) is 4. The summed E-state index contributed by atoms with van der Waals surface area (Å²) in [6, 6.07) is 4.57. The molecule has 4 rings (SSSR count). The predicted molar refractivity (Wildman–Crippen MR) is 90.5 cm³/mol. The van der Waals surface area contributed by atoms with Gasteiger partial charge in [-0.1, -0.05) is 5.16 Å². The lowest BCUT2D eigenvalue weighted by Gasteiger charge is -2.28. The van der Waals surface area contributed by atoms with Crippen molar-refractivity contribution < 1.29 is 9.32 Å². The van der Waals surface area contributed by atoms with E-state index in [9.17, 15) is 4.79 Å². The van der Waals surface area contributed by atoms with Crippen LogP contribution in [0.25, 0.3) is 5.82 Å². The van der Waals surface area contributed by atoms with E-state index in [-0.39, 0.29) is 5.91 Å². The molecule has 2 saturated heterocycles. The highest BCUT2D eigenvalue weighted by molar-refractivity contribution is 5.96. The smallest absolute Gasteiger partial charge is 0.256 e. The highest BCUT2D eigenvalue weighted by Gasteiger charge is 2.39. The van der Waals surface area contributed by atoms with Gasteiger partial charge in [-0.05, 0) is 52.6 Å². The summed E-state index contributed by atoms with van der Waals surface area (Å²) in [5.74, 6) is 1.66. The van der Waals surface area contributed by atoms with Gasteiger partial charge in [0.05, 0.1) is 5.56 Å². The van der Waals surface area contributed by atoms with Crippen molar-refractivity contribution in [3.05, 3.63) is 34.8 Å². The van der Waals surface area contributed by atoms with E-state index in [1.54, 1.807) is 0 Å². The molecule has 2 aromatic rings. The SMILES string of the molecule is Cc1cc(-n2c(C)cc(C(=O)N3C4CCNCC3CC4)c2C)no1. The molecular weight excluding hydrogens is 304 g/mol. The number of amides is 1. The van der Waals surface area contributed by atoms with Gasteiger partial charge >= 0.3 is 0 Å². The third-order valence-corrected chi connectivity index (χ3v) is 5.39. The van der Waals surface area contributed by atoms with Crippen LogP contribution >= 0.6 is 0 Å². The van der Waals surface area contributed by atoms with Crippen LogP contribution < -0.4 is 5.32 Å². The zero-order valence-corrected chi connectivity index (χ0v) is 14.5. The van der Waals surface area contributed by atoms with Crippen molar-refractivity contribution in [2.24, 2.45) is 0 Å². The van der Waals surface area contributed by atoms with E-state index in [4.69, 9.17) is 4.52 Å². The number of fused-ring (bicyclic) bond motifs is 2. The minimum atomic E-state index is 0.158. The molecule has 2 aromatic heterocycles. The molecule has 1 amide bonds. The number of hydrogen-bond donors (Lipinski definition) is 1.